The maximum absolute atomic E-state index is 11.0. The first-order chi connectivity index (χ1) is 10.6. The molecule has 2 rings (SSSR count). The summed E-state index contributed by atoms with van der Waals surface area (Å²) in [6.07, 6.45) is 0. The van der Waals surface area contributed by atoms with Gasteiger partial charge in [0.2, 0.25) is 0 Å². The Balaban J connectivity index is 1.91. The number of nitrogens with zero attached hydrogens (tertiary/aromatic N) is 1. The Bertz CT molecular complexity index is 649. The standard InChI is InChI=1S/C16H20N4O2/c1-11(12-6-4-3-5-7-12)20-16(18-2)19-10-13-8-9-14(22-13)15(17)21/h3-9,11H,10H2,1-2H3,(H2,17,21)(H2,18,19,20). The first-order valence-corrected chi connectivity index (χ1v) is 7.01. The molecule has 1 amide bonds. The van der Waals surface area contributed by atoms with Gasteiger partial charge in [0.1, 0.15) is 5.76 Å². The fourth-order valence-electron chi connectivity index (χ4n) is 2.00. The molecule has 1 atom stereocenters. The second-order valence-electron chi connectivity index (χ2n) is 4.83. The van der Waals surface area contributed by atoms with Gasteiger partial charge in [0.25, 0.3) is 5.91 Å². The van der Waals surface area contributed by atoms with Crippen molar-refractivity contribution in [2.75, 3.05) is 7.05 Å². The highest BCUT2D eigenvalue weighted by atomic mass is 16.3. The van der Waals surface area contributed by atoms with Crippen molar-refractivity contribution in [1.82, 2.24) is 10.6 Å². The average Bonchev–Trinajstić information content (AvgIpc) is 3.01. The summed E-state index contributed by atoms with van der Waals surface area (Å²) in [6.45, 7) is 2.47. The fraction of sp³-hybridized carbons (Fsp3) is 0.250. The SMILES string of the molecule is CN=C(NCc1ccc(C(N)=O)o1)NC(C)c1ccccc1. The number of guanidine groups is 1. The van der Waals surface area contributed by atoms with E-state index in [0.717, 1.165) is 0 Å². The molecule has 4 N–H and O–H groups in total. The molecule has 22 heavy (non-hydrogen) atoms. The van der Waals surface area contributed by atoms with Gasteiger partial charge in [-0.2, -0.15) is 0 Å². The van der Waals surface area contributed by atoms with Crippen LogP contribution in [0.4, 0.5) is 0 Å². The Hall–Kier alpha value is -2.76. The molecule has 0 saturated carbocycles. The summed E-state index contributed by atoms with van der Waals surface area (Å²) >= 11 is 0. The number of furan rings is 1. The summed E-state index contributed by atoms with van der Waals surface area (Å²) < 4.78 is 5.31. The predicted molar refractivity (Wildman–Crippen MR) is 85.4 cm³/mol. The highest BCUT2D eigenvalue weighted by molar-refractivity contribution is 5.89. The zero-order valence-corrected chi connectivity index (χ0v) is 12.7. The third kappa shape index (κ3) is 4.12. The van der Waals surface area contributed by atoms with Crippen molar-refractivity contribution >= 4 is 11.9 Å². The van der Waals surface area contributed by atoms with E-state index in [2.05, 4.69) is 34.7 Å². The van der Waals surface area contributed by atoms with Gasteiger partial charge in [0.15, 0.2) is 11.7 Å². The molecular weight excluding hydrogens is 280 g/mol. The minimum atomic E-state index is -0.577. The van der Waals surface area contributed by atoms with Crippen LogP contribution < -0.4 is 16.4 Å². The number of nitrogens with two attached hydrogens (primary N) is 1. The first-order valence-electron chi connectivity index (χ1n) is 7.01. The lowest BCUT2D eigenvalue weighted by molar-refractivity contribution is 0.0972. The van der Waals surface area contributed by atoms with Gasteiger partial charge in [-0.3, -0.25) is 9.79 Å². The molecule has 0 spiro atoms. The number of carbonyl (C=O) groups excluding carboxylic acids is 1. The molecule has 0 fully saturated rings. The molecule has 1 heterocycles. The van der Waals surface area contributed by atoms with Gasteiger partial charge in [0.05, 0.1) is 12.6 Å². The van der Waals surface area contributed by atoms with E-state index in [1.807, 2.05) is 18.2 Å². The molecule has 0 aliphatic rings. The van der Waals surface area contributed by atoms with Crippen LogP contribution in [0.1, 0.15) is 34.8 Å². The van der Waals surface area contributed by atoms with Crippen molar-refractivity contribution in [2.24, 2.45) is 10.7 Å². The molecule has 2 aromatic rings. The van der Waals surface area contributed by atoms with Crippen molar-refractivity contribution < 1.29 is 9.21 Å². The number of carbonyl (C=O) groups is 1. The van der Waals surface area contributed by atoms with E-state index in [1.54, 1.807) is 19.2 Å². The van der Waals surface area contributed by atoms with E-state index >= 15 is 0 Å². The van der Waals surface area contributed by atoms with Gasteiger partial charge in [-0.05, 0) is 24.6 Å². The monoisotopic (exact) mass is 300 g/mol. The van der Waals surface area contributed by atoms with Crippen molar-refractivity contribution in [2.45, 2.75) is 19.5 Å². The smallest absolute Gasteiger partial charge is 0.284 e. The molecule has 0 saturated heterocycles. The Morgan fingerprint density at radius 1 is 1.27 bits per heavy atom. The molecule has 1 aromatic heterocycles. The van der Waals surface area contributed by atoms with E-state index in [9.17, 15) is 4.79 Å². The van der Waals surface area contributed by atoms with Crippen LogP contribution in [0.15, 0.2) is 51.9 Å². The third-order valence-electron chi connectivity index (χ3n) is 3.21. The zero-order valence-electron chi connectivity index (χ0n) is 12.7. The third-order valence-corrected chi connectivity index (χ3v) is 3.21. The lowest BCUT2D eigenvalue weighted by Crippen LogP contribution is -2.38. The summed E-state index contributed by atoms with van der Waals surface area (Å²) in [5.74, 6) is 0.835. The summed E-state index contributed by atoms with van der Waals surface area (Å²) in [4.78, 5) is 15.2. The minimum absolute atomic E-state index is 0.116. The van der Waals surface area contributed by atoms with Gasteiger partial charge in [0, 0.05) is 7.05 Å². The van der Waals surface area contributed by atoms with Crippen LogP contribution in [-0.2, 0) is 6.54 Å². The number of benzene rings is 1. The average molecular weight is 300 g/mol. The van der Waals surface area contributed by atoms with E-state index in [1.165, 1.54) is 5.56 Å². The second kappa shape index (κ2) is 7.31. The quantitative estimate of drug-likeness (QED) is 0.580. The number of aliphatic imine (C=N–C) groups is 1. The Kier molecular flexibility index (Phi) is 5.19. The van der Waals surface area contributed by atoms with E-state index in [-0.39, 0.29) is 11.8 Å². The number of primary amides is 1. The highest BCUT2D eigenvalue weighted by Crippen LogP contribution is 2.11. The number of rotatable bonds is 5. The minimum Gasteiger partial charge on any atom is -0.454 e. The molecule has 0 aliphatic heterocycles. The molecule has 0 radical (unpaired) electrons. The highest BCUT2D eigenvalue weighted by Gasteiger charge is 2.09. The molecule has 1 aromatic carbocycles. The second-order valence-corrected chi connectivity index (χ2v) is 4.83. The van der Waals surface area contributed by atoms with Crippen LogP contribution in [0.2, 0.25) is 0 Å². The Labute approximate surface area is 129 Å². The van der Waals surface area contributed by atoms with Crippen LogP contribution in [0.25, 0.3) is 0 Å². The van der Waals surface area contributed by atoms with Gasteiger partial charge >= 0.3 is 0 Å². The van der Waals surface area contributed by atoms with Crippen LogP contribution in [0.3, 0.4) is 0 Å². The normalized spacial score (nSPS) is 12.7. The van der Waals surface area contributed by atoms with Gasteiger partial charge in [-0.25, -0.2) is 0 Å². The van der Waals surface area contributed by atoms with Gasteiger partial charge in [-0.1, -0.05) is 30.3 Å². The summed E-state index contributed by atoms with van der Waals surface area (Å²) in [5, 5.41) is 6.42. The lowest BCUT2D eigenvalue weighted by atomic mass is 10.1. The van der Waals surface area contributed by atoms with Crippen molar-refractivity contribution in [1.29, 1.82) is 0 Å². The van der Waals surface area contributed by atoms with E-state index in [4.69, 9.17) is 10.2 Å². The van der Waals surface area contributed by atoms with Crippen molar-refractivity contribution in [3.05, 3.63) is 59.5 Å². The first kappa shape index (κ1) is 15.6. The lowest BCUT2D eigenvalue weighted by Gasteiger charge is -2.17. The van der Waals surface area contributed by atoms with Crippen LogP contribution in [-0.4, -0.2) is 18.9 Å². The zero-order chi connectivity index (χ0) is 15.9. The fourth-order valence-corrected chi connectivity index (χ4v) is 2.00. The molecule has 0 bridgehead atoms. The van der Waals surface area contributed by atoms with Crippen LogP contribution in [0, 0.1) is 0 Å². The van der Waals surface area contributed by atoms with E-state index in [0.29, 0.717) is 18.3 Å². The van der Waals surface area contributed by atoms with E-state index < -0.39 is 5.91 Å². The van der Waals surface area contributed by atoms with Gasteiger partial charge < -0.3 is 20.8 Å². The van der Waals surface area contributed by atoms with Crippen LogP contribution >= 0.6 is 0 Å². The maximum atomic E-state index is 11.0. The summed E-state index contributed by atoms with van der Waals surface area (Å²) in [7, 11) is 1.70. The maximum Gasteiger partial charge on any atom is 0.284 e. The summed E-state index contributed by atoms with van der Waals surface area (Å²) in [6, 6.07) is 13.5. The number of nitrogens with one attached hydrogen (secondary N) is 2. The molecule has 116 valence electrons. The predicted octanol–water partition coefficient (Wildman–Crippen LogP) is 1.80. The topological polar surface area (TPSA) is 92.6 Å². The molecule has 6 nitrogen and oxygen atoms in total. The molecule has 0 aliphatic carbocycles. The molecular formula is C16H20N4O2. The van der Waals surface area contributed by atoms with Crippen molar-refractivity contribution in [3.63, 3.8) is 0 Å². The van der Waals surface area contributed by atoms with Crippen molar-refractivity contribution in [3.8, 4) is 0 Å². The number of hydrogen-bond donors (Lipinski definition) is 3. The number of amides is 1. The summed E-state index contributed by atoms with van der Waals surface area (Å²) in [5.41, 5.74) is 6.32. The Morgan fingerprint density at radius 2 is 2.00 bits per heavy atom. The molecule has 1 unspecified atom stereocenters. The molecule has 6 heteroatoms. The van der Waals surface area contributed by atoms with Gasteiger partial charge in [-0.15, -0.1) is 0 Å². The Morgan fingerprint density at radius 3 is 2.59 bits per heavy atom. The number of hydrogen-bond acceptors (Lipinski definition) is 3. The largest absolute Gasteiger partial charge is 0.454 e. The van der Waals surface area contributed by atoms with Crippen LogP contribution in [0.5, 0.6) is 0 Å².